The van der Waals surface area contributed by atoms with E-state index in [9.17, 15) is 9.90 Å². The summed E-state index contributed by atoms with van der Waals surface area (Å²) in [5.41, 5.74) is -0.874. The largest absolute Gasteiger partial charge is 0.505 e. The molecule has 66 valence electrons. The average Bonchev–Trinajstić information content (AvgIpc) is 2.57. The molecule has 4 heteroatoms. The number of carbonyl (C=O) groups is 1. The predicted octanol–water partition coefficient (Wildman–Crippen LogP) is 1.18. The number of hydrogen-bond donors (Lipinski definition) is 2. The molecule has 0 aromatic heterocycles. The van der Waals surface area contributed by atoms with E-state index in [1.165, 1.54) is 0 Å². The van der Waals surface area contributed by atoms with Crippen molar-refractivity contribution in [2.75, 3.05) is 0 Å². The number of ether oxygens (including phenoxy) is 1. The van der Waals surface area contributed by atoms with E-state index in [1.807, 2.05) is 0 Å². The SMILES string of the molecule is O=C1OC2(CCCC2)C(O)=C1O. The van der Waals surface area contributed by atoms with Crippen molar-refractivity contribution in [3.05, 3.63) is 11.5 Å². The van der Waals surface area contributed by atoms with Crippen LogP contribution in [0, 0.1) is 0 Å². The zero-order chi connectivity index (χ0) is 8.77. The molecule has 0 aromatic rings. The maximum Gasteiger partial charge on any atom is 0.378 e. The van der Waals surface area contributed by atoms with Gasteiger partial charge in [-0.3, -0.25) is 0 Å². The Balaban J connectivity index is 2.37. The fourth-order valence-electron chi connectivity index (χ4n) is 1.87. The van der Waals surface area contributed by atoms with E-state index in [0.717, 1.165) is 12.8 Å². The number of esters is 1. The first-order valence-corrected chi connectivity index (χ1v) is 4.02. The van der Waals surface area contributed by atoms with Gasteiger partial charge in [0.05, 0.1) is 0 Å². The Morgan fingerprint density at radius 2 is 1.83 bits per heavy atom. The van der Waals surface area contributed by atoms with Crippen molar-refractivity contribution >= 4 is 5.97 Å². The minimum absolute atomic E-state index is 0.273. The Hall–Kier alpha value is -1.19. The van der Waals surface area contributed by atoms with Gasteiger partial charge in [0.15, 0.2) is 11.4 Å². The van der Waals surface area contributed by atoms with Crippen LogP contribution in [0.1, 0.15) is 25.7 Å². The number of aliphatic hydroxyl groups is 2. The minimum Gasteiger partial charge on any atom is -0.505 e. The average molecular weight is 170 g/mol. The lowest BCUT2D eigenvalue weighted by molar-refractivity contribution is -0.149. The second-order valence-electron chi connectivity index (χ2n) is 3.29. The highest BCUT2D eigenvalue weighted by Crippen LogP contribution is 2.43. The third-order valence-electron chi connectivity index (χ3n) is 2.55. The van der Waals surface area contributed by atoms with Gasteiger partial charge < -0.3 is 14.9 Å². The highest BCUT2D eigenvalue weighted by Gasteiger charge is 2.50. The molecule has 1 heterocycles. The molecule has 0 amide bonds. The van der Waals surface area contributed by atoms with Gasteiger partial charge in [0, 0.05) is 0 Å². The Labute approximate surface area is 69.5 Å². The Morgan fingerprint density at radius 1 is 1.25 bits per heavy atom. The Bertz CT molecular complexity index is 260. The number of aliphatic hydroxyl groups excluding tert-OH is 2. The van der Waals surface area contributed by atoms with Crippen LogP contribution in [0.15, 0.2) is 11.5 Å². The van der Waals surface area contributed by atoms with E-state index in [0.29, 0.717) is 12.8 Å². The summed E-state index contributed by atoms with van der Waals surface area (Å²) in [6.45, 7) is 0. The maximum atomic E-state index is 10.9. The summed E-state index contributed by atoms with van der Waals surface area (Å²) in [6, 6.07) is 0. The first kappa shape index (κ1) is 7.46. The van der Waals surface area contributed by atoms with E-state index in [1.54, 1.807) is 0 Å². The highest BCUT2D eigenvalue weighted by molar-refractivity contribution is 5.89. The zero-order valence-electron chi connectivity index (χ0n) is 6.54. The van der Waals surface area contributed by atoms with Crippen LogP contribution in [0.25, 0.3) is 0 Å². The van der Waals surface area contributed by atoms with Gasteiger partial charge >= 0.3 is 5.97 Å². The van der Waals surface area contributed by atoms with Crippen LogP contribution < -0.4 is 0 Å². The fraction of sp³-hybridized carbons (Fsp3) is 0.625. The monoisotopic (exact) mass is 170 g/mol. The van der Waals surface area contributed by atoms with E-state index < -0.39 is 17.3 Å². The highest BCUT2D eigenvalue weighted by atomic mass is 16.6. The molecule has 1 saturated carbocycles. The molecule has 0 unspecified atom stereocenters. The van der Waals surface area contributed by atoms with Crippen molar-refractivity contribution in [1.82, 2.24) is 0 Å². The van der Waals surface area contributed by atoms with Crippen LogP contribution in [0.2, 0.25) is 0 Å². The van der Waals surface area contributed by atoms with Crippen LogP contribution in [-0.4, -0.2) is 21.8 Å². The van der Waals surface area contributed by atoms with Gasteiger partial charge in [-0.05, 0) is 25.7 Å². The van der Waals surface area contributed by atoms with E-state index in [-0.39, 0.29) is 5.76 Å². The first-order chi connectivity index (χ1) is 5.66. The summed E-state index contributed by atoms with van der Waals surface area (Å²) in [5, 5.41) is 18.4. The first-order valence-electron chi connectivity index (χ1n) is 4.02. The molecule has 0 bridgehead atoms. The molecule has 1 spiro atoms. The molecule has 2 rings (SSSR count). The van der Waals surface area contributed by atoms with E-state index in [4.69, 9.17) is 9.84 Å². The summed E-state index contributed by atoms with van der Waals surface area (Å²) in [7, 11) is 0. The molecule has 1 fully saturated rings. The van der Waals surface area contributed by atoms with Crippen LogP contribution in [0.3, 0.4) is 0 Å². The molecular weight excluding hydrogens is 160 g/mol. The van der Waals surface area contributed by atoms with Gasteiger partial charge in [0.2, 0.25) is 5.76 Å². The van der Waals surface area contributed by atoms with Gasteiger partial charge in [0.25, 0.3) is 0 Å². The van der Waals surface area contributed by atoms with Crippen molar-refractivity contribution in [1.29, 1.82) is 0 Å². The smallest absolute Gasteiger partial charge is 0.378 e. The molecule has 12 heavy (non-hydrogen) atoms. The second kappa shape index (κ2) is 2.15. The molecule has 0 radical (unpaired) electrons. The molecule has 0 aromatic carbocycles. The Morgan fingerprint density at radius 3 is 2.25 bits per heavy atom. The molecule has 0 atom stereocenters. The standard InChI is InChI=1S/C8H10O4/c9-5-6(10)8(12-7(5)11)3-1-2-4-8/h9-10H,1-4H2. The van der Waals surface area contributed by atoms with Crippen LogP contribution in [0.4, 0.5) is 0 Å². The minimum atomic E-state index is -0.874. The van der Waals surface area contributed by atoms with Crippen molar-refractivity contribution in [3.63, 3.8) is 0 Å². The summed E-state index contributed by atoms with van der Waals surface area (Å²) < 4.78 is 4.92. The molecule has 1 aliphatic heterocycles. The van der Waals surface area contributed by atoms with Gasteiger partial charge in [-0.1, -0.05) is 0 Å². The Kier molecular flexibility index (Phi) is 1.34. The lowest BCUT2D eigenvalue weighted by Crippen LogP contribution is -2.27. The second-order valence-corrected chi connectivity index (χ2v) is 3.29. The van der Waals surface area contributed by atoms with E-state index >= 15 is 0 Å². The molecule has 2 N–H and O–H groups in total. The van der Waals surface area contributed by atoms with Crippen molar-refractivity contribution < 1.29 is 19.7 Å². The normalized spacial score (nSPS) is 26.8. The summed E-state index contributed by atoms with van der Waals surface area (Å²) in [5.74, 6) is -1.68. The summed E-state index contributed by atoms with van der Waals surface area (Å²) >= 11 is 0. The fourth-order valence-corrected chi connectivity index (χ4v) is 1.87. The van der Waals surface area contributed by atoms with Crippen LogP contribution in [-0.2, 0) is 9.53 Å². The van der Waals surface area contributed by atoms with Gasteiger partial charge in [0.1, 0.15) is 0 Å². The number of rotatable bonds is 0. The quantitative estimate of drug-likeness (QED) is 0.536. The van der Waals surface area contributed by atoms with Gasteiger partial charge in [-0.25, -0.2) is 4.79 Å². The summed E-state index contributed by atoms with van der Waals surface area (Å²) in [6.07, 6.45) is 3.08. The van der Waals surface area contributed by atoms with Crippen molar-refractivity contribution in [3.8, 4) is 0 Å². The molecule has 4 nitrogen and oxygen atoms in total. The molecule has 0 saturated heterocycles. The van der Waals surface area contributed by atoms with Crippen LogP contribution >= 0.6 is 0 Å². The van der Waals surface area contributed by atoms with E-state index in [2.05, 4.69) is 0 Å². The lowest BCUT2D eigenvalue weighted by atomic mass is 10.0. The van der Waals surface area contributed by atoms with Crippen LogP contribution in [0.5, 0.6) is 0 Å². The molecule has 2 aliphatic rings. The third kappa shape index (κ3) is 0.748. The topological polar surface area (TPSA) is 66.8 Å². The predicted molar refractivity (Wildman–Crippen MR) is 39.6 cm³/mol. The maximum absolute atomic E-state index is 10.9. The number of hydrogen-bond acceptors (Lipinski definition) is 4. The molecule has 1 aliphatic carbocycles. The molecular formula is C8H10O4. The summed E-state index contributed by atoms with van der Waals surface area (Å²) in [4.78, 5) is 10.9. The van der Waals surface area contributed by atoms with Crippen molar-refractivity contribution in [2.24, 2.45) is 0 Å². The third-order valence-corrected chi connectivity index (χ3v) is 2.55. The van der Waals surface area contributed by atoms with Gasteiger partial charge in [-0.2, -0.15) is 0 Å². The van der Waals surface area contributed by atoms with Crippen molar-refractivity contribution in [2.45, 2.75) is 31.3 Å². The lowest BCUT2D eigenvalue weighted by Gasteiger charge is -2.20. The number of carbonyl (C=O) groups excluding carboxylic acids is 1. The zero-order valence-corrected chi connectivity index (χ0v) is 6.54. The van der Waals surface area contributed by atoms with Gasteiger partial charge in [-0.15, -0.1) is 0 Å².